The zero-order valence-corrected chi connectivity index (χ0v) is 12.9. The molecular weight excluding hydrogens is 320 g/mol. The van der Waals surface area contributed by atoms with E-state index >= 15 is 0 Å². The molecule has 2 aromatic rings. The van der Waals surface area contributed by atoms with Crippen molar-refractivity contribution in [3.63, 3.8) is 0 Å². The van der Waals surface area contributed by atoms with E-state index in [2.05, 4.69) is 31.6 Å². The number of halogens is 1. The Morgan fingerprint density at radius 3 is 2.70 bits per heavy atom. The summed E-state index contributed by atoms with van der Waals surface area (Å²) in [6.07, 6.45) is 1.61. The number of rotatable bonds is 4. The van der Waals surface area contributed by atoms with E-state index in [1.165, 1.54) is 0 Å². The first kappa shape index (κ1) is 14.5. The van der Waals surface area contributed by atoms with Crippen LogP contribution in [0, 0.1) is 13.8 Å². The van der Waals surface area contributed by atoms with Crippen molar-refractivity contribution < 1.29 is 4.79 Å². The van der Waals surface area contributed by atoms with Crippen LogP contribution in [-0.4, -0.2) is 21.9 Å². The van der Waals surface area contributed by atoms with Gasteiger partial charge < -0.3 is 0 Å². The number of aromatic nitrogens is 2. The van der Waals surface area contributed by atoms with Gasteiger partial charge in [0, 0.05) is 0 Å². The highest BCUT2D eigenvalue weighted by molar-refractivity contribution is 9.10. The van der Waals surface area contributed by atoms with Crippen LogP contribution in [0.3, 0.4) is 0 Å². The van der Waals surface area contributed by atoms with Crippen LogP contribution >= 0.6 is 15.9 Å². The number of carbonyl (C=O) groups is 1. The van der Waals surface area contributed by atoms with E-state index in [0.717, 1.165) is 21.4 Å². The molecule has 1 heterocycles. The number of nitrogens with zero attached hydrogens (tertiary/aromatic N) is 3. The molecule has 0 aliphatic carbocycles. The molecule has 0 saturated carbocycles. The van der Waals surface area contributed by atoms with Gasteiger partial charge in [-0.25, -0.2) is 5.43 Å². The zero-order valence-electron chi connectivity index (χ0n) is 11.3. The molecule has 104 valence electrons. The SMILES string of the molecule is Cc1nn(CC(=O)N/N=C/c2ccccc2)c(C)c1Br. The van der Waals surface area contributed by atoms with Gasteiger partial charge in [-0.3, -0.25) is 9.48 Å². The Balaban J connectivity index is 1.93. The number of benzene rings is 1. The summed E-state index contributed by atoms with van der Waals surface area (Å²) in [6, 6.07) is 9.57. The molecule has 0 saturated heterocycles. The molecule has 0 atom stereocenters. The number of carbonyl (C=O) groups excluding carboxylic acids is 1. The largest absolute Gasteiger partial charge is 0.271 e. The third-order valence-corrected chi connectivity index (χ3v) is 3.94. The fourth-order valence-corrected chi connectivity index (χ4v) is 2.00. The van der Waals surface area contributed by atoms with E-state index < -0.39 is 0 Å². The fourth-order valence-electron chi connectivity index (χ4n) is 1.72. The molecule has 0 spiro atoms. The Morgan fingerprint density at radius 1 is 1.40 bits per heavy atom. The van der Waals surface area contributed by atoms with Gasteiger partial charge in [0.05, 0.1) is 22.1 Å². The zero-order chi connectivity index (χ0) is 14.5. The van der Waals surface area contributed by atoms with E-state index in [0.29, 0.717) is 0 Å². The van der Waals surface area contributed by atoms with Crippen molar-refractivity contribution in [3.05, 3.63) is 51.8 Å². The average molecular weight is 335 g/mol. The normalized spacial score (nSPS) is 10.9. The first-order chi connectivity index (χ1) is 9.58. The van der Waals surface area contributed by atoms with Crippen LogP contribution in [-0.2, 0) is 11.3 Å². The Morgan fingerprint density at radius 2 is 2.10 bits per heavy atom. The summed E-state index contributed by atoms with van der Waals surface area (Å²) in [5.41, 5.74) is 5.21. The van der Waals surface area contributed by atoms with E-state index in [1.54, 1.807) is 10.9 Å². The maximum Gasteiger partial charge on any atom is 0.261 e. The summed E-state index contributed by atoms with van der Waals surface area (Å²) in [7, 11) is 0. The molecule has 0 fully saturated rings. The molecule has 6 heteroatoms. The van der Waals surface area contributed by atoms with E-state index in [1.807, 2.05) is 44.2 Å². The van der Waals surface area contributed by atoms with Gasteiger partial charge in [-0.1, -0.05) is 30.3 Å². The van der Waals surface area contributed by atoms with Gasteiger partial charge in [-0.05, 0) is 35.3 Å². The third-order valence-electron chi connectivity index (χ3n) is 2.79. The lowest BCUT2D eigenvalue weighted by Crippen LogP contribution is -2.24. The minimum absolute atomic E-state index is 0.143. The number of hydrogen-bond acceptors (Lipinski definition) is 3. The molecule has 0 aliphatic rings. The van der Waals surface area contributed by atoms with Crippen molar-refractivity contribution in [2.45, 2.75) is 20.4 Å². The van der Waals surface area contributed by atoms with E-state index in [4.69, 9.17) is 0 Å². The molecule has 1 amide bonds. The Labute approximate surface area is 125 Å². The molecule has 0 radical (unpaired) electrons. The Kier molecular flexibility index (Phi) is 4.68. The number of hydrogen-bond donors (Lipinski definition) is 1. The Bertz CT molecular complexity index is 634. The summed E-state index contributed by atoms with van der Waals surface area (Å²) in [4.78, 5) is 11.8. The van der Waals surface area contributed by atoms with Crippen LogP contribution < -0.4 is 5.43 Å². The third kappa shape index (κ3) is 3.54. The van der Waals surface area contributed by atoms with Crippen molar-refractivity contribution in [1.82, 2.24) is 15.2 Å². The second-order valence-electron chi connectivity index (χ2n) is 4.35. The van der Waals surface area contributed by atoms with Crippen molar-refractivity contribution in [1.29, 1.82) is 0 Å². The second kappa shape index (κ2) is 6.47. The molecule has 2 rings (SSSR count). The predicted molar refractivity (Wildman–Crippen MR) is 81.6 cm³/mol. The van der Waals surface area contributed by atoms with Gasteiger partial charge >= 0.3 is 0 Å². The molecule has 1 aromatic heterocycles. The molecule has 1 N–H and O–H groups in total. The van der Waals surface area contributed by atoms with Gasteiger partial charge in [-0.2, -0.15) is 10.2 Å². The van der Waals surface area contributed by atoms with Crippen LogP contribution in [0.4, 0.5) is 0 Å². The Hall–Kier alpha value is -1.95. The summed E-state index contributed by atoms with van der Waals surface area (Å²) in [5.74, 6) is -0.213. The number of hydrazone groups is 1. The van der Waals surface area contributed by atoms with Crippen molar-refractivity contribution in [2.75, 3.05) is 0 Å². The standard InChI is InChI=1S/C14H15BrN4O/c1-10-14(15)11(2)19(18-10)9-13(20)17-16-8-12-6-4-3-5-7-12/h3-8H,9H2,1-2H3,(H,17,20)/b16-8+. The van der Waals surface area contributed by atoms with Crippen molar-refractivity contribution in [2.24, 2.45) is 5.10 Å². The van der Waals surface area contributed by atoms with Crippen LogP contribution in [0.25, 0.3) is 0 Å². The first-order valence-corrected chi connectivity index (χ1v) is 6.93. The average Bonchev–Trinajstić information content (AvgIpc) is 2.67. The van der Waals surface area contributed by atoms with Crippen molar-refractivity contribution in [3.8, 4) is 0 Å². The maximum atomic E-state index is 11.8. The number of aryl methyl sites for hydroxylation is 1. The quantitative estimate of drug-likeness (QED) is 0.689. The highest BCUT2D eigenvalue weighted by atomic mass is 79.9. The van der Waals surface area contributed by atoms with Crippen molar-refractivity contribution >= 4 is 28.1 Å². The first-order valence-electron chi connectivity index (χ1n) is 6.14. The maximum absolute atomic E-state index is 11.8. The smallest absolute Gasteiger partial charge is 0.261 e. The topological polar surface area (TPSA) is 59.3 Å². The molecule has 0 bridgehead atoms. The van der Waals surface area contributed by atoms with Gasteiger partial charge in [-0.15, -0.1) is 0 Å². The summed E-state index contributed by atoms with van der Waals surface area (Å²) >= 11 is 3.43. The fraction of sp³-hybridized carbons (Fsp3) is 0.214. The lowest BCUT2D eigenvalue weighted by molar-refractivity contribution is -0.121. The molecule has 0 unspecified atom stereocenters. The van der Waals surface area contributed by atoms with Gasteiger partial charge in [0.15, 0.2) is 0 Å². The molecule has 20 heavy (non-hydrogen) atoms. The molecule has 1 aromatic carbocycles. The number of nitrogens with one attached hydrogen (secondary N) is 1. The van der Waals surface area contributed by atoms with Gasteiger partial charge in [0.1, 0.15) is 6.54 Å². The molecule has 0 aliphatic heterocycles. The summed E-state index contributed by atoms with van der Waals surface area (Å²) < 4.78 is 2.57. The van der Waals surface area contributed by atoms with Crippen LogP contribution in [0.5, 0.6) is 0 Å². The highest BCUT2D eigenvalue weighted by Crippen LogP contribution is 2.19. The van der Waals surface area contributed by atoms with Gasteiger partial charge in [0.25, 0.3) is 5.91 Å². The minimum atomic E-state index is -0.213. The predicted octanol–water partition coefficient (Wildman–Crippen LogP) is 2.41. The number of amides is 1. The minimum Gasteiger partial charge on any atom is -0.271 e. The van der Waals surface area contributed by atoms with Crippen LogP contribution in [0.1, 0.15) is 17.0 Å². The van der Waals surface area contributed by atoms with Crippen LogP contribution in [0.15, 0.2) is 39.9 Å². The van der Waals surface area contributed by atoms with E-state index in [-0.39, 0.29) is 12.5 Å². The lowest BCUT2D eigenvalue weighted by Gasteiger charge is -2.02. The van der Waals surface area contributed by atoms with Crippen LogP contribution in [0.2, 0.25) is 0 Å². The van der Waals surface area contributed by atoms with Gasteiger partial charge in [0.2, 0.25) is 0 Å². The monoisotopic (exact) mass is 334 g/mol. The summed E-state index contributed by atoms with van der Waals surface area (Å²) in [5, 5.41) is 8.19. The highest BCUT2D eigenvalue weighted by Gasteiger charge is 2.11. The molecular formula is C14H15BrN4O. The second-order valence-corrected chi connectivity index (χ2v) is 5.14. The molecule has 5 nitrogen and oxygen atoms in total. The van der Waals surface area contributed by atoms with E-state index in [9.17, 15) is 4.79 Å². The lowest BCUT2D eigenvalue weighted by atomic mass is 10.2. The summed E-state index contributed by atoms with van der Waals surface area (Å²) in [6.45, 7) is 3.94.